The molecule has 0 spiro atoms. The zero-order chi connectivity index (χ0) is 12.8. The number of nitrogens with two attached hydrogens (primary N) is 1. The Morgan fingerprint density at radius 3 is 2.50 bits per heavy atom. The largest absolute Gasteiger partial charge is 0.356 e. The van der Waals surface area contributed by atoms with Crippen LogP contribution in [0.2, 0.25) is 0 Å². The fourth-order valence-corrected chi connectivity index (χ4v) is 3.56. The van der Waals surface area contributed by atoms with E-state index in [1.807, 2.05) is 0 Å². The predicted molar refractivity (Wildman–Crippen MR) is 74.2 cm³/mol. The SMILES string of the molecule is NC1(CC(=O)NCCCC2CCCC2)CCCC1. The molecule has 0 bridgehead atoms. The van der Waals surface area contributed by atoms with Gasteiger partial charge in [0.25, 0.3) is 0 Å². The van der Waals surface area contributed by atoms with Crippen molar-refractivity contribution in [3.63, 3.8) is 0 Å². The third-order valence-electron chi connectivity index (χ3n) is 4.70. The van der Waals surface area contributed by atoms with E-state index >= 15 is 0 Å². The van der Waals surface area contributed by atoms with Gasteiger partial charge in [0.1, 0.15) is 0 Å². The van der Waals surface area contributed by atoms with Crippen molar-refractivity contribution in [3.05, 3.63) is 0 Å². The number of hydrogen-bond acceptors (Lipinski definition) is 2. The lowest BCUT2D eigenvalue weighted by molar-refractivity contribution is -0.122. The molecule has 0 saturated heterocycles. The second kappa shape index (κ2) is 6.55. The summed E-state index contributed by atoms with van der Waals surface area (Å²) in [6.07, 6.45) is 13.0. The Morgan fingerprint density at radius 1 is 1.17 bits per heavy atom. The van der Waals surface area contributed by atoms with E-state index in [1.54, 1.807) is 0 Å². The summed E-state index contributed by atoms with van der Waals surface area (Å²) < 4.78 is 0. The summed E-state index contributed by atoms with van der Waals surface area (Å²) >= 11 is 0. The third-order valence-corrected chi connectivity index (χ3v) is 4.70. The molecule has 0 unspecified atom stereocenters. The van der Waals surface area contributed by atoms with Crippen molar-refractivity contribution < 1.29 is 4.79 Å². The maximum Gasteiger partial charge on any atom is 0.221 e. The van der Waals surface area contributed by atoms with Crippen LogP contribution >= 0.6 is 0 Å². The summed E-state index contributed by atoms with van der Waals surface area (Å²) in [6.45, 7) is 0.839. The molecule has 0 heterocycles. The Labute approximate surface area is 111 Å². The van der Waals surface area contributed by atoms with Crippen molar-refractivity contribution in [2.75, 3.05) is 6.54 Å². The highest BCUT2D eigenvalue weighted by Gasteiger charge is 2.31. The van der Waals surface area contributed by atoms with Crippen molar-refractivity contribution in [2.24, 2.45) is 11.7 Å². The van der Waals surface area contributed by atoms with Gasteiger partial charge in [-0.2, -0.15) is 0 Å². The van der Waals surface area contributed by atoms with Gasteiger partial charge in [-0.1, -0.05) is 38.5 Å². The summed E-state index contributed by atoms with van der Waals surface area (Å²) in [4.78, 5) is 11.8. The lowest BCUT2D eigenvalue weighted by atomic mass is 9.94. The topological polar surface area (TPSA) is 55.1 Å². The van der Waals surface area contributed by atoms with E-state index in [-0.39, 0.29) is 11.4 Å². The third kappa shape index (κ3) is 4.27. The van der Waals surface area contributed by atoms with Gasteiger partial charge in [0.2, 0.25) is 5.91 Å². The fourth-order valence-electron chi connectivity index (χ4n) is 3.56. The predicted octanol–water partition coefficient (Wildman–Crippen LogP) is 2.73. The van der Waals surface area contributed by atoms with Crippen molar-refractivity contribution >= 4 is 5.91 Å². The zero-order valence-electron chi connectivity index (χ0n) is 11.5. The Bertz CT molecular complexity index is 266. The molecule has 2 fully saturated rings. The van der Waals surface area contributed by atoms with Gasteiger partial charge in [-0.05, 0) is 31.6 Å². The first kappa shape index (κ1) is 13.9. The highest BCUT2D eigenvalue weighted by atomic mass is 16.1. The minimum absolute atomic E-state index is 0.158. The molecular weight excluding hydrogens is 224 g/mol. The Morgan fingerprint density at radius 2 is 1.83 bits per heavy atom. The summed E-state index contributed by atoms with van der Waals surface area (Å²) in [6, 6.07) is 0. The average Bonchev–Trinajstić information content (AvgIpc) is 2.96. The van der Waals surface area contributed by atoms with Gasteiger partial charge in [0.15, 0.2) is 0 Å². The number of rotatable bonds is 6. The molecule has 0 aliphatic heterocycles. The zero-order valence-corrected chi connectivity index (χ0v) is 11.5. The van der Waals surface area contributed by atoms with Crippen LogP contribution in [0.4, 0.5) is 0 Å². The van der Waals surface area contributed by atoms with Crippen LogP contribution in [0.5, 0.6) is 0 Å². The normalized spacial score (nSPS) is 23.4. The Balaban J connectivity index is 1.54. The van der Waals surface area contributed by atoms with Crippen LogP contribution in [0.1, 0.15) is 70.6 Å². The minimum atomic E-state index is -0.199. The van der Waals surface area contributed by atoms with Gasteiger partial charge in [0, 0.05) is 18.5 Å². The highest BCUT2D eigenvalue weighted by Crippen LogP contribution is 2.30. The Hall–Kier alpha value is -0.570. The van der Waals surface area contributed by atoms with Gasteiger partial charge >= 0.3 is 0 Å². The van der Waals surface area contributed by atoms with Crippen LogP contribution in [0.3, 0.4) is 0 Å². The molecule has 0 atom stereocenters. The van der Waals surface area contributed by atoms with E-state index in [2.05, 4.69) is 5.32 Å². The van der Waals surface area contributed by atoms with E-state index in [4.69, 9.17) is 5.73 Å². The maximum absolute atomic E-state index is 11.8. The molecule has 104 valence electrons. The quantitative estimate of drug-likeness (QED) is 0.714. The molecule has 1 amide bonds. The van der Waals surface area contributed by atoms with Crippen molar-refractivity contribution in [1.29, 1.82) is 0 Å². The van der Waals surface area contributed by atoms with Crippen LogP contribution in [0.15, 0.2) is 0 Å². The standard InChI is InChI=1S/C15H28N2O/c16-15(9-3-4-10-15)12-14(18)17-11-5-8-13-6-1-2-7-13/h13H,1-12,16H2,(H,17,18). The van der Waals surface area contributed by atoms with Gasteiger partial charge < -0.3 is 11.1 Å². The average molecular weight is 252 g/mol. The first-order valence-corrected chi connectivity index (χ1v) is 7.74. The lowest BCUT2D eigenvalue weighted by Crippen LogP contribution is -2.42. The molecule has 3 N–H and O–H groups in total. The second-order valence-corrected chi connectivity index (χ2v) is 6.39. The fraction of sp³-hybridized carbons (Fsp3) is 0.933. The maximum atomic E-state index is 11.8. The van der Waals surface area contributed by atoms with Crippen molar-refractivity contribution in [1.82, 2.24) is 5.32 Å². The van der Waals surface area contributed by atoms with Crippen LogP contribution in [0.25, 0.3) is 0 Å². The molecule has 3 heteroatoms. The number of carbonyl (C=O) groups excluding carboxylic acids is 1. The number of carbonyl (C=O) groups is 1. The number of nitrogens with one attached hydrogen (secondary N) is 1. The molecule has 2 saturated carbocycles. The first-order chi connectivity index (χ1) is 8.68. The van der Waals surface area contributed by atoms with Crippen LogP contribution in [-0.4, -0.2) is 18.0 Å². The molecule has 3 nitrogen and oxygen atoms in total. The number of amides is 1. The van der Waals surface area contributed by atoms with Crippen LogP contribution in [-0.2, 0) is 4.79 Å². The first-order valence-electron chi connectivity index (χ1n) is 7.74. The molecule has 2 aliphatic carbocycles. The van der Waals surface area contributed by atoms with E-state index in [1.165, 1.54) is 44.9 Å². The van der Waals surface area contributed by atoms with Crippen molar-refractivity contribution in [3.8, 4) is 0 Å². The van der Waals surface area contributed by atoms with Gasteiger partial charge in [0.05, 0.1) is 0 Å². The summed E-state index contributed by atoms with van der Waals surface area (Å²) in [5.41, 5.74) is 6.00. The molecule has 2 aliphatic rings. The van der Waals surface area contributed by atoms with Crippen LogP contribution < -0.4 is 11.1 Å². The van der Waals surface area contributed by atoms with Gasteiger partial charge in [-0.3, -0.25) is 4.79 Å². The Kier molecular flexibility index (Phi) is 5.04. The van der Waals surface area contributed by atoms with Crippen LogP contribution in [0, 0.1) is 5.92 Å². The van der Waals surface area contributed by atoms with E-state index in [0.29, 0.717) is 6.42 Å². The van der Waals surface area contributed by atoms with E-state index in [9.17, 15) is 4.79 Å². The molecule has 0 radical (unpaired) electrons. The molecular formula is C15H28N2O. The number of hydrogen-bond donors (Lipinski definition) is 2. The van der Waals surface area contributed by atoms with Crippen molar-refractivity contribution in [2.45, 2.75) is 76.2 Å². The summed E-state index contributed by atoms with van der Waals surface area (Å²) in [7, 11) is 0. The molecule has 0 aromatic heterocycles. The lowest BCUT2D eigenvalue weighted by Gasteiger charge is -2.22. The smallest absolute Gasteiger partial charge is 0.221 e. The van der Waals surface area contributed by atoms with E-state index < -0.39 is 0 Å². The molecule has 18 heavy (non-hydrogen) atoms. The molecule has 2 rings (SSSR count). The summed E-state index contributed by atoms with van der Waals surface area (Å²) in [5, 5.41) is 3.04. The molecule has 0 aromatic carbocycles. The minimum Gasteiger partial charge on any atom is -0.356 e. The second-order valence-electron chi connectivity index (χ2n) is 6.39. The monoisotopic (exact) mass is 252 g/mol. The van der Waals surface area contributed by atoms with Gasteiger partial charge in [-0.15, -0.1) is 0 Å². The molecule has 0 aromatic rings. The highest BCUT2D eigenvalue weighted by molar-refractivity contribution is 5.77. The summed E-state index contributed by atoms with van der Waals surface area (Å²) in [5.74, 6) is 1.09. The van der Waals surface area contributed by atoms with Gasteiger partial charge in [-0.25, -0.2) is 0 Å². The van der Waals surface area contributed by atoms with E-state index in [0.717, 1.165) is 31.7 Å².